The SMILES string of the molecule is O=C1NCCCN=C(c2ccccc2)c2ccccc21. The zero-order valence-corrected chi connectivity index (χ0v) is 11.2. The molecule has 2 aromatic rings. The number of nitrogens with zero attached hydrogens (tertiary/aromatic N) is 1. The molecule has 0 unspecified atom stereocenters. The number of carbonyl (C=O) groups excluding carboxylic acids is 1. The Kier molecular flexibility index (Phi) is 3.59. The van der Waals surface area contributed by atoms with Crippen LogP contribution < -0.4 is 5.32 Å². The lowest BCUT2D eigenvalue weighted by Gasteiger charge is -2.11. The molecule has 3 nitrogen and oxygen atoms in total. The van der Waals surface area contributed by atoms with Crippen molar-refractivity contribution < 1.29 is 4.79 Å². The quantitative estimate of drug-likeness (QED) is 0.845. The maximum absolute atomic E-state index is 12.2. The third kappa shape index (κ3) is 2.48. The first kappa shape index (κ1) is 12.6. The lowest BCUT2D eigenvalue weighted by atomic mass is 9.97. The molecule has 0 aromatic heterocycles. The predicted molar refractivity (Wildman–Crippen MR) is 80.3 cm³/mol. The molecule has 1 amide bonds. The first-order valence-electron chi connectivity index (χ1n) is 6.84. The van der Waals surface area contributed by atoms with Gasteiger partial charge in [0.15, 0.2) is 0 Å². The molecule has 0 saturated carbocycles. The van der Waals surface area contributed by atoms with Crippen molar-refractivity contribution in [3.8, 4) is 0 Å². The van der Waals surface area contributed by atoms with Crippen LogP contribution in [0.25, 0.3) is 0 Å². The number of carbonyl (C=O) groups is 1. The topological polar surface area (TPSA) is 41.5 Å². The summed E-state index contributed by atoms with van der Waals surface area (Å²) < 4.78 is 0. The summed E-state index contributed by atoms with van der Waals surface area (Å²) in [5.41, 5.74) is 3.54. The number of hydrogen-bond acceptors (Lipinski definition) is 2. The molecular weight excluding hydrogens is 248 g/mol. The highest BCUT2D eigenvalue weighted by Gasteiger charge is 2.17. The first-order chi connectivity index (χ1) is 9.86. The molecule has 3 rings (SSSR count). The van der Waals surface area contributed by atoms with E-state index in [0.717, 1.165) is 29.8 Å². The number of aliphatic imine (C=N–C) groups is 1. The van der Waals surface area contributed by atoms with Crippen molar-refractivity contribution >= 4 is 11.6 Å². The molecular formula is C17H16N2O. The van der Waals surface area contributed by atoms with Crippen molar-refractivity contribution in [1.29, 1.82) is 0 Å². The van der Waals surface area contributed by atoms with E-state index in [2.05, 4.69) is 5.32 Å². The van der Waals surface area contributed by atoms with Gasteiger partial charge in [-0.05, 0) is 12.5 Å². The number of rotatable bonds is 1. The average molecular weight is 264 g/mol. The number of hydrogen-bond donors (Lipinski definition) is 1. The van der Waals surface area contributed by atoms with Gasteiger partial charge in [0.1, 0.15) is 0 Å². The van der Waals surface area contributed by atoms with Crippen LogP contribution in [-0.4, -0.2) is 24.7 Å². The Balaban J connectivity index is 2.16. The fourth-order valence-corrected chi connectivity index (χ4v) is 2.38. The lowest BCUT2D eigenvalue weighted by molar-refractivity contribution is 0.0953. The van der Waals surface area contributed by atoms with Gasteiger partial charge < -0.3 is 5.32 Å². The number of fused-ring (bicyclic) bond motifs is 1. The summed E-state index contributed by atoms with van der Waals surface area (Å²) in [6, 6.07) is 17.7. The van der Waals surface area contributed by atoms with Gasteiger partial charge in [-0.15, -0.1) is 0 Å². The van der Waals surface area contributed by atoms with Crippen molar-refractivity contribution in [2.24, 2.45) is 4.99 Å². The number of benzene rings is 2. The van der Waals surface area contributed by atoms with Crippen LogP contribution in [-0.2, 0) is 0 Å². The first-order valence-corrected chi connectivity index (χ1v) is 6.84. The Morgan fingerprint density at radius 1 is 0.900 bits per heavy atom. The molecule has 0 bridgehead atoms. The molecule has 100 valence electrons. The van der Waals surface area contributed by atoms with Crippen molar-refractivity contribution in [3.05, 3.63) is 71.3 Å². The van der Waals surface area contributed by atoms with Gasteiger partial charge in [-0.1, -0.05) is 48.5 Å². The summed E-state index contributed by atoms with van der Waals surface area (Å²) in [5, 5.41) is 2.94. The van der Waals surface area contributed by atoms with Crippen LogP contribution in [0.1, 0.15) is 27.9 Å². The zero-order valence-electron chi connectivity index (χ0n) is 11.2. The van der Waals surface area contributed by atoms with Crippen molar-refractivity contribution in [2.45, 2.75) is 6.42 Å². The van der Waals surface area contributed by atoms with Gasteiger partial charge in [-0.25, -0.2) is 0 Å². The van der Waals surface area contributed by atoms with Crippen LogP contribution in [0.3, 0.4) is 0 Å². The van der Waals surface area contributed by atoms with E-state index in [4.69, 9.17) is 4.99 Å². The second kappa shape index (κ2) is 5.70. The monoisotopic (exact) mass is 264 g/mol. The minimum absolute atomic E-state index is 0.0221. The van der Waals surface area contributed by atoms with Gasteiger partial charge in [0.2, 0.25) is 0 Å². The van der Waals surface area contributed by atoms with Crippen molar-refractivity contribution in [2.75, 3.05) is 13.1 Å². The number of amides is 1. The third-order valence-electron chi connectivity index (χ3n) is 3.36. The molecule has 1 aliphatic rings. The predicted octanol–water partition coefficient (Wildman–Crippen LogP) is 2.66. The molecule has 0 fully saturated rings. The van der Waals surface area contributed by atoms with Gasteiger partial charge in [-0.2, -0.15) is 0 Å². The second-order valence-electron chi connectivity index (χ2n) is 4.75. The number of nitrogens with one attached hydrogen (secondary N) is 1. The second-order valence-corrected chi connectivity index (χ2v) is 4.75. The Labute approximate surface area is 118 Å². The maximum Gasteiger partial charge on any atom is 0.251 e. The smallest absolute Gasteiger partial charge is 0.251 e. The summed E-state index contributed by atoms with van der Waals surface area (Å²) in [7, 11) is 0. The molecule has 0 spiro atoms. The molecule has 3 heteroatoms. The molecule has 1 N–H and O–H groups in total. The van der Waals surface area contributed by atoms with Crippen LogP contribution >= 0.6 is 0 Å². The van der Waals surface area contributed by atoms with Crippen LogP contribution in [0.15, 0.2) is 59.6 Å². The molecule has 2 aromatic carbocycles. The lowest BCUT2D eigenvalue weighted by Crippen LogP contribution is -2.25. The Morgan fingerprint density at radius 3 is 2.40 bits per heavy atom. The fourth-order valence-electron chi connectivity index (χ4n) is 2.38. The minimum Gasteiger partial charge on any atom is -0.352 e. The van der Waals surface area contributed by atoms with E-state index in [9.17, 15) is 4.79 Å². The average Bonchev–Trinajstić information content (AvgIpc) is 2.58. The molecule has 0 atom stereocenters. The maximum atomic E-state index is 12.2. The van der Waals surface area contributed by atoms with Crippen LogP contribution in [0.4, 0.5) is 0 Å². The van der Waals surface area contributed by atoms with Crippen molar-refractivity contribution in [3.63, 3.8) is 0 Å². The van der Waals surface area contributed by atoms with E-state index < -0.39 is 0 Å². The summed E-state index contributed by atoms with van der Waals surface area (Å²) in [6.07, 6.45) is 0.857. The van der Waals surface area contributed by atoms with E-state index in [0.29, 0.717) is 12.1 Å². The van der Waals surface area contributed by atoms with E-state index in [1.165, 1.54) is 0 Å². The van der Waals surface area contributed by atoms with Gasteiger partial charge >= 0.3 is 0 Å². The third-order valence-corrected chi connectivity index (χ3v) is 3.36. The van der Waals surface area contributed by atoms with Gasteiger partial charge in [0.25, 0.3) is 5.91 Å². The summed E-state index contributed by atoms with van der Waals surface area (Å²) in [6.45, 7) is 1.39. The van der Waals surface area contributed by atoms with Gasteiger partial charge in [0, 0.05) is 29.8 Å². The standard InChI is InChI=1S/C17H16N2O/c20-17-15-10-5-4-9-14(15)16(18-11-6-12-19-17)13-7-2-1-3-8-13/h1-5,7-10H,6,11-12H2,(H,19,20). The van der Waals surface area contributed by atoms with E-state index in [1.807, 2.05) is 54.6 Å². The summed E-state index contributed by atoms with van der Waals surface area (Å²) >= 11 is 0. The molecule has 1 heterocycles. The van der Waals surface area contributed by atoms with Gasteiger partial charge in [0.05, 0.1) is 5.71 Å². The minimum atomic E-state index is -0.0221. The van der Waals surface area contributed by atoms with Gasteiger partial charge in [-0.3, -0.25) is 9.79 Å². The molecule has 0 radical (unpaired) electrons. The molecule has 1 aliphatic heterocycles. The van der Waals surface area contributed by atoms with E-state index in [1.54, 1.807) is 0 Å². The van der Waals surface area contributed by atoms with Crippen LogP contribution in [0, 0.1) is 0 Å². The fraction of sp³-hybridized carbons (Fsp3) is 0.176. The van der Waals surface area contributed by atoms with Crippen LogP contribution in [0.5, 0.6) is 0 Å². The van der Waals surface area contributed by atoms with E-state index >= 15 is 0 Å². The molecule has 0 aliphatic carbocycles. The van der Waals surface area contributed by atoms with E-state index in [-0.39, 0.29) is 5.91 Å². The Morgan fingerprint density at radius 2 is 1.60 bits per heavy atom. The zero-order chi connectivity index (χ0) is 13.8. The van der Waals surface area contributed by atoms with Crippen molar-refractivity contribution in [1.82, 2.24) is 5.32 Å². The molecule has 20 heavy (non-hydrogen) atoms. The highest BCUT2D eigenvalue weighted by atomic mass is 16.1. The Bertz CT molecular complexity index is 647. The highest BCUT2D eigenvalue weighted by molar-refractivity contribution is 6.18. The normalized spacial score (nSPS) is 15.2. The Hall–Kier alpha value is -2.42. The van der Waals surface area contributed by atoms with Crippen LogP contribution in [0.2, 0.25) is 0 Å². The summed E-state index contributed by atoms with van der Waals surface area (Å²) in [5.74, 6) is -0.0221. The summed E-state index contributed by atoms with van der Waals surface area (Å²) in [4.78, 5) is 16.9. The molecule has 0 saturated heterocycles. The largest absolute Gasteiger partial charge is 0.352 e. The highest BCUT2D eigenvalue weighted by Crippen LogP contribution is 2.17.